The standard InChI is InChI=1S/C20H14F2N6O3/c21-14-4-11(8-23)3-12(5-14)9-24-20(29)27-2-1-13-6-15(17(22)7-18(13)27)16-10-25-26-19(16)28(30)31/h3-7,10H,1-2,9H2,(H,24,29)(H,25,26). The van der Waals surface area contributed by atoms with Crippen LogP contribution in [-0.2, 0) is 13.0 Å². The van der Waals surface area contributed by atoms with Crippen molar-refractivity contribution in [3.8, 4) is 17.2 Å². The van der Waals surface area contributed by atoms with Gasteiger partial charge in [-0.1, -0.05) is 5.10 Å². The lowest BCUT2D eigenvalue weighted by molar-refractivity contribution is -0.388. The Bertz CT molecular complexity index is 1250. The fourth-order valence-electron chi connectivity index (χ4n) is 3.53. The Balaban J connectivity index is 1.55. The molecule has 0 saturated heterocycles. The lowest BCUT2D eigenvalue weighted by atomic mass is 10.0. The van der Waals surface area contributed by atoms with Crippen LogP contribution in [-0.4, -0.2) is 27.7 Å². The maximum atomic E-state index is 14.8. The van der Waals surface area contributed by atoms with Gasteiger partial charge in [-0.05, 0) is 52.8 Å². The van der Waals surface area contributed by atoms with Gasteiger partial charge in [0.05, 0.1) is 23.5 Å². The highest BCUT2D eigenvalue weighted by atomic mass is 19.1. The van der Waals surface area contributed by atoms with Crippen molar-refractivity contribution in [2.24, 2.45) is 0 Å². The molecule has 0 spiro atoms. The van der Waals surface area contributed by atoms with Crippen LogP contribution in [0.5, 0.6) is 0 Å². The molecule has 0 aliphatic carbocycles. The Labute approximate surface area is 174 Å². The van der Waals surface area contributed by atoms with Crippen molar-refractivity contribution in [2.75, 3.05) is 11.4 Å². The molecule has 0 saturated carbocycles. The summed E-state index contributed by atoms with van der Waals surface area (Å²) >= 11 is 0. The molecule has 1 aromatic heterocycles. The highest BCUT2D eigenvalue weighted by Gasteiger charge is 2.28. The molecular weight excluding hydrogens is 410 g/mol. The minimum absolute atomic E-state index is 0.0150. The summed E-state index contributed by atoms with van der Waals surface area (Å²) < 4.78 is 28.3. The van der Waals surface area contributed by atoms with Gasteiger partial charge in [-0.25, -0.2) is 13.6 Å². The summed E-state index contributed by atoms with van der Waals surface area (Å²) in [6.07, 6.45) is 1.61. The quantitative estimate of drug-likeness (QED) is 0.490. The van der Waals surface area contributed by atoms with Crippen LogP contribution in [0, 0.1) is 33.1 Å². The van der Waals surface area contributed by atoms with Crippen molar-refractivity contribution >= 4 is 17.5 Å². The van der Waals surface area contributed by atoms with Crippen LogP contribution in [0.3, 0.4) is 0 Å². The third-order valence-corrected chi connectivity index (χ3v) is 4.93. The van der Waals surface area contributed by atoms with Gasteiger partial charge in [0, 0.05) is 18.7 Å². The van der Waals surface area contributed by atoms with Crippen molar-refractivity contribution in [1.29, 1.82) is 5.26 Å². The van der Waals surface area contributed by atoms with Crippen LogP contribution in [0.1, 0.15) is 16.7 Å². The van der Waals surface area contributed by atoms with Crippen LogP contribution in [0.15, 0.2) is 36.5 Å². The van der Waals surface area contributed by atoms with E-state index in [-0.39, 0.29) is 29.8 Å². The first-order valence-corrected chi connectivity index (χ1v) is 9.13. The second kappa shape index (κ2) is 7.83. The number of urea groups is 1. The summed E-state index contributed by atoms with van der Waals surface area (Å²) in [7, 11) is 0. The van der Waals surface area contributed by atoms with Gasteiger partial charge in [-0.15, -0.1) is 5.10 Å². The molecule has 0 unspecified atom stereocenters. The third kappa shape index (κ3) is 3.78. The maximum Gasteiger partial charge on any atom is 0.350 e. The Morgan fingerprint density at radius 2 is 2.10 bits per heavy atom. The number of hydrogen-bond donors (Lipinski definition) is 2. The molecule has 31 heavy (non-hydrogen) atoms. The molecule has 2 N–H and O–H groups in total. The highest BCUT2D eigenvalue weighted by Crippen LogP contribution is 2.37. The van der Waals surface area contributed by atoms with Gasteiger partial charge in [0.15, 0.2) is 0 Å². The van der Waals surface area contributed by atoms with Gasteiger partial charge < -0.3 is 15.4 Å². The number of rotatable bonds is 4. The fraction of sp³-hybridized carbons (Fsp3) is 0.150. The second-order valence-electron chi connectivity index (χ2n) is 6.87. The van der Waals surface area contributed by atoms with E-state index in [1.807, 2.05) is 6.07 Å². The molecule has 2 amide bonds. The van der Waals surface area contributed by atoms with Gasteiger partial charge >= 0.3 is 11.8 Å². The number of aromatic amines is 1. The molecule has 2 aromatic carbocycles. The fourth-order valence-corrected chi connectivity index (χ4v) is 3.53. The first-order valence-electron chi connectivity index (χ1n) is 9.13. The lowest BCUT2D eigenvalue weighted by Crippen LogP contribution is -2.38. The minimum Gasteiger partial charge on any atom is -0.358 e. The van der Waals surface area contributed by atoms with E-state index in [9.17, 15) is 23.7 Å². The molecule has 156 valence electrons. The number of aromatic nitrogens is 2. The zero-order valence-corrected chi connectivity index (χ0v) is 15.9. The number of fused-ring (bicyclic) bond motifs is 1. The molecule has 9 nitrogen and oxygen atoms in total. The number of nitrogens with one attached hydrogen (secondary N) is 2. The van der Waals surface area contributed by atoms with Crippen molar-refractivity contribution in [1.82, 2.24) is 15.5 Å². The summed E-state index contributed by atoms with van der Waals surface area (Å²) in [6.45, 7) is 0.267. The van der Waals surface area contributed by atoms with E-state index in [1.54, 1.807) is 0 Å². The van der Waals surface area contributed by atoms with E-state index in [0.29, 0.717) is 23.2 Å². The predicted molar refractivity (Wildman–Crippen MR) is 105 cm³/mol. The molecule has 0 atom stereocenters. The molecule has 11 heteroatoms. The first kappa shape index (κ1) is 20.0. The van der Waals surface area contributed by atoms with E-state index in [0.717, 1.165) is 12.1 Å². The van der Waals surface area contributed by atoms with Gasteiger partial charge in [-0.2, -0.15) is 5.26 Å². The van der Waals surface area contributed by atoms with E-state index in [4.69, 9.17) is 5.26 Å². The average molecular weight is 424 g/mol. The summed E-state index contributed by atoms with van der Waals surface area (Å²) in [6, 6.07) is 7.73. The Hall–Kier alpha value is -4.33. The van der Waals surface area contributed by atoms with Crippen LogP contribution >= 0.6 is 0 Å². The average Bonchev–Trinajstić information content (AvgIpc) is 3.38. The predicted octanol–water partition coefficient (Wildman–Crippen LogP) is 3.41. The number of benzene rings is 2. The van der Waals surface area contributed by atoms with Crippen molar-refractivity contribution in [3.63, 3.8) is 0 Å². The van der Waals surface area contributed by atoms with Gasteiger partial charge in [0.1, 0.15) is 17.2 Å². The Morgan fingerprint density at radius 1 is 1.29 bits per heavy atom. The summed E-state index contributed by atoms with van der Waals surface area (Å²) in [5.74, 6) is -1.73. The highest BCUT2D eigenvalue weighted by molar-refractivity contribution is 5.95. The molecule has 1 aliphatic rings. The summed E-state index contributed by atoms with van der Waals surface area (Å²) in [5, 5.41) is 28.5. The van der Waals surface area contributed by atoms with Crippen LogP contribution in [0.4, 0.5) is 25.1 Å². The molecule has 3 aromatic rings. The third-order valence-electron chi connectivity index (χ3n) is 4.93. The van der Waals surface area contributed by atoms with Crippen LogP contribution < -0.4 is 10.2 Å². The normalized spacial score (nSPS) is 12.4. The second-order valence-corrected chi connectivity index (χ2v) is 6.87. The summed E-state index contributed by atoms with van der Waals surface area (Å²) in [5.41, 5.74) is 1.59. The van der Waals surface area contributed by atoms with E-state index < -0.39 is 28.4 Å². The number of H-pyrrole nitrogens is 1. The number of hydrogen-bond acceptors (Lipinski definition) is 5. The first-order chi connectivity index (χ1) is 14.9. The number of halogens is 2. The zero-order chi connectivity index (χ0) is 22.1. The molecule has 2 heterocycles. The largest absolute Gasteiger partial charge is 0.358 e. The van der Waals surface area contributed by atoms with E-state index in [1.165, 1.54) is 29.3 Å². The zero-order valence-electron chi connectivity index (χ0n) is 15.9. The van der Waals surface area contributed by atoms with Crippen molar-refractivity contribution in [2.45, 2.75) is 13.0 Å². The van der Waals surface area contributed by atoms with Gasteiger partial charge in [0.25, 0.3) is 0 Å². The smallest absolute Gasteiger partial charge is 0.350 e. The lowest BCUT2D eigenvalue weighted by Gasteiger charge is -2.19. The monoisotopic (exact) mass is 424 g/mol. The Kier molecular flexibility index (Phi) is 5.04. The molecule has 0 bridgehead atoms. The molecular formula is C20H14F2N6O3. The number of nitro groups is 1. The number of carbonyl (C=O) groups is 1. The Morgan fingerprint density at radius 3 is 2.84 bits per heavy atom. The molecule has 0 radical (unpaired) electrons. The number of nitrogens with zero attached hydrogens (tertiary/aromatic N) is 4. The SMILES string of the molecule is N#Cc1cc(F)cc(CNC(=O)N2CCc3cc(-c4cn[nH]c4[N+](=O)[O-])c(F)cc32)c1. The number of carbonyl (C=O) groups excluding carboxylic acids is 1. The van der Waals surface area contributed by atoms with Crippen LogP contribution in [0.2, 0.25) is 0 Å². The minimum atomic E-state index is -0.730. The van der Waals surface area contributed by atoms with E-state index >= 15 is 0 Å². The van der Waals surface area contributed by atoms with E-state index in [2.05, 4.69) is 15.5 Å². The maximum absolute atomic E-state index is 14.8. The van der Waals surface area contributed by atoms with Crippen LogP contribution in [0.25, 0.3) is 11.1 Å². The number of nitriles is 1. The number of anilines is 1. The molecule has 1 aliphatic heterocycles. The van der Waals surface area contributed by atoms with Crippen molar-refractivity contribution in [3.05, 3.63) is 75.0 Å². The molecule has 0 fully saturated rings. The van der Waals surface area contributed by atoms with Gasteiger partial charge in [0.2, 0.25) is 0 Å². The molecule has 4 rings (SSSR count). The van der Waals surface area contributed by atoms with Gasteiger partial charge in [-0.3, -0.25) is 4.90 Å². The summed E-state index contributed by atoms with van der Waals surface area (Å²) in [4.78, 5) is 24.4. The van der Waals surface area contributed by atoms with Crippen molar-refractivity contribution < 1.29 is 18.5 Å². The topological polar surface area (TPSA) is 128 Å². The number of amides is 2.